The number of pyridine rings is 1. The van der Waals surface area contributed by atoms with E-state index in [1.54, 1.807) is 19.2 Å². The second-order valence-corrected chi connectivity index (χ2v) is 11.0. The maximum Gasteiger partial charge on any atom is 0.170 e. The van der Waals surface area contributed by atoms with Gasteiger partial charge >= 0.3 is 0 Å². The topological polar surface area (TPSA) is 68.7 Å². The van der Waals surface area contributed by atoms with Gasteiger partial charge in [0, 0.05) is 50.3 Å². The Bertz CT molecular complexity index is 1290. The molecule has 0 bridgehead atoms. The number of benzene rings is 2. The Hall–Kier alpha value is -2.74. The van der Waals surface area contributed by atoms with Gasteiger partial charge in [0.1, 0.15) is 0 Å². The number of piperazine rings is 1. The summed E-state index contributed by atoms with van der Waals surface area (Å²) in [6, 6.07) is 8.71. The van der Waals surface area contributed by atoms with E-state index in [9.17, 15) is 14.3 Å². The molecule has 1 aromatic heterocycles. The summed E-state index contributed by atoms with van der Waals surface area (Å²) in [6.07, 6.45) is 6.16. The van der Waals surface area contributed by atoms with Gasteiger partial charge in [-0.15, -0.1) is 0 Å². The van der Waals surface area contributed by atoms with E-state index in [0.717, 1.165) is 74.1 Å². The summed E-state index contributed by atoms with van der Waals surface area (Å²) in [7, 11) is 2.18. The molecule has 2 aliphatic rings. The average molecular weight is 525 g/mol. The first kappa shape index (κ1) is 25.9. The lowest BCUT2D eigenvalue weighted by atomic mass is 9.84. The SMILES string of the molecule is CC(=O)c1cnc2ccc(-c3cc(F)c(O)c(Cl)c3)cc2c1NC1CCCC(CN2CCN(C)CC2)C1. The maximum absolute atomic E-state index is 14.2. The number of hydrogen-bond donors (Lipinski definition) is 2. The Morgan fingerprint density at radius 2 is 1.95 bits per heavy atom. The molecule has 8 heteroatoms. The molecule has 2 N–H and O–H groups in total. The van der Waals surface area contributed by atoms with Gasteiger partial charge < -0.3 is 20.2 Å². The van der Waals surface area contributed by atoms with Gasteiger partial charge in [0.15, 0.2) is 17.3 Å². The van der Waals surface area contributed by atoms with Gasteiger partial charge in [0.2, 0.25) is 0 Å². The third-order valence-corrected chi connectivity index (χ3v) is 8.13. The van der Waals surface area contributed by atoms with E-state index in [1.165, 1.54) is 12.5 Å². The molecule has 1 aliphatic heterocycles. The number of ketones is 1. The predicted molar refractivity (Wildman–Crippen MR) is 147 cm³/mol. The monoisotopic (exact) mass is 524 g/mol. The lowest BCUT2D eigenvalue weighted by Gasteiger charge is -2.37. The third kappa shape index (κ3) is 5.74. The van der Waals surface area contributed by atoms with Gasteiger partial charge in [0.25, 0.3) is 0 Å². The molecule has 2 atom stereocenters. The molecule has 37 heavy (non-hydrogen) atoms. The zero-order chi connectivity index (χ0) is 26.1. The number of rotatable bonds is 6. The molecule has 6 nitrogen and oxygen atoms in total. The van der Waals surface area contributed by atoms with Gasteiger partial charge in [-0.2, -0.15) is 0 Å². The highest BCUT2D eigenvalue weighted by Gasteiger charge is 2.26. The molecule has 196 valence electrons. The van der Waals surface area contributed by atoms with Crippen molar-refractivity contribution in [3.8, 4) is 16.9 Å². The van der Waals surface area contributed by atoms with Crippen molar-refractivity contribution in [1.29, 1.82) is 0 Å². The summed E-state index contributed by atoms with van der Waals surface area (Å²) < 4.78 is 14.2. The number of phenols is 1. The summed E-state index contributed by atoms with van der Waals surface area (Å²) >= 11 is 6.04. The van der Waals surface area contributed by atoms with Crippen molar-refractivity contribution in [1.82, 2.24) is 14.8 Å². The van der Waals surface area contributed by atoms with E-state index in [-0.39, 0.29) is 16.8 Å². The molecule has 0 radical (unpaired) electrons. The normalized spacial score (nSPS) is 21.3. The first-order valence-electron chi connectivity index (χ1n) is 13.1. The van der Waals surface area contributed by atoms with Gasteiger partial charge in [-0.1, -0.05) is 24.1 Å². The molecule has 3 aromatic rings. The van der Waals surface area contributed by atoms with E-state index in [4.69, 9.17) is 11.6 Å². The second kappa shape index (κ2) is 10.9. The number of carbonyl (C=O) groups excluding carboxylic acids is 1. The van der Waals surface area contributed by atoms with Crippen LogP contribution in [0.3, 0.4) is 0 Å². The van der Waals surface area contributed by atoms with Crippen LogP contribution >= 0.6 is 11.6 Å². The van der Waals surface area contributed by atoms with Crippen LogP contribution in [0.4, 0.5) is 10.1 Å². The van der Waals surface area contributed by atoms with Crippen LogP contribution in [0.25, 0.3) is 22.0 Å². The Morgan fingerprint density at radius 1 is 1.16 bits per heavy atom. The number of nitrogens with one attached hydrogen (secondary N) is 1. The molecule has 0 amide bonds. The van der Waals surface area contributed by atoms with Crippen LogP contribution in [0.5, 0.6) is 5.75 Å². The molecular formula is C29H34ClFN4O2. The van der Waals surface area contributed by atoms with E-state index in [2.05, 4.69) is 27.1 Å². The predicted octanol–water partition coefficient (Wildman–Crippen LogP) is 5.82. The number of nitrogens with zero attached hydrogens (tertiary/aromatic N) is 3. The average Bonchev–Trinajstić information content (AvgIpc) is 2.88. The number of Topliss-reactive ketones (excluding diaryl/α,β-unsaturated/α-hetero) is 1. The van der Waals surface area contributed by atoms with Crippen molar-refractivity contribution in [3.63, 3.8) is 0 Å². The minimum atomic E-state index is -0.773. The number of aromatic nitrogens is 1. The van der Waals surface area contributed by atoms with Crippen molar-refractivity contribution in [2.24, 2.45) is 5.92 Å². The van der Waals surface area contributed by atoms with Crippen molar-refractivity contribution in [2.45, 2.75) is 38.6 Å². The maximum atomic E-state index is 14.2. The van der Waals surface area contributed by atoms with Crippen molar-refractivity contribution in [2.75, 3.05) is 45.1 Å². The van der Waals surface area contributed by atoms with Crippen LogP contribution in [0.1, 0.15) is 43.0 Å². The molecule has 5 rings (SSSR count). The minimum Gasteiger partial charge on any atom is -0.504 e. The largest absolute Gasteiger partial charge is 0.504 e. The number of phenolic OH excluding ortho intramolecular Hbond substituents is 1. The fraction of sp³-hybridized carbons (Fsp3) is 0.448. The van der Waals surface area contributed by atoms with Gasteiger partial charge in [-0.25, -0.2) is 4.39 Å². The molecule has 0 spiro atoms. The molecule has 2 unspecified atom stereocenters. The molecule has 2 aromatic carbocycles. The second-order valence-electron chi connectivity index (χ2n) is 10.6. The standard InChI is InChI=1S/C29H34ClFN4O2/c1-18(36)24-16-32-27-7-6-20(21-14-25(30)29(37)26(31)15-21)13-23(27)28(24)33-22-5-3-4-19(12-22)17-35-10-8-34(2)9-11-35/h6-7,13-16,19,22,37H,3-5,8-12,17H2,1-2H3,(H,32,33). The van der Waals surface area contributed by atoms with Gasteiger partial charge in [-0.3, -0.25) is 9.78 Å². The number of fused-ring (bicyclic) bond motifs is 1. The Kier molecular flexibility index (Phi) is 7.65. The minimum absolute atomic E-state index is 0.0438. The van der Waals surface area contributed by atoms with Crippen LogP contribution in [-0.4, -0.2) is 71.5 Å². The summed E-state index contributed by atoms with van der Waals surface area (Å²) in [6.45, 7) is 7.18. The Morgan fingerprint density at radius 3 is 2.68 bits per heavy atom. The van der Waals surface area contributed by atoms with E-state index in [0.29, 0.717) is 17.0 Å². The summed E-state index contributed by atoms with van der Waals surface area (Å²) in [5.74, 6) is -0.755. The highest BCUT2D eigenvalue weighted by atomic mass is 35.5. The fourth-order valence-corrected chi connectivity index (χ4v) is 5.92. The number of likely N-dealkylation sites (N-methyl/N-ethyl adjacent to an activating group) is 1. The van der Waals surface area contributed by atoms with Crippen LogP contribution in [0.15, 0.2) is 36.5 Å². The lowest BCUT2D eigenvalue weighted by Crippen LogP contribution is -2.46. The number of aromatic hydroxyl groups is 1. The van der Waals surface area contributed by atoms with E-state index >= 15 is 0 Å². The van der Waals surface area contributed by atoms with Gasteiger partial charge in [0.05, 0.1) is 21.8 Å². The van der Waals surface area contributed by atoms with Crippen LogP contribution in [0, 0.1) is 11.7 Å². The number of halogens is 2. The third-order valence-electron chi connectivity index (χ3n) is 7.84. The number of hydrogen-bond acceptors (Lipinski definition) is 6. The smallest absolute Gasteiger partial charge is 0.170 e. The molecular weight excluding hydrogens is 491 g/mol. The van der Waals surface area contributed by atoms with Crippen molar-refractivity contribution in [3.05, 3.63) is 52.9 Å². The zero-order valence-electron chi connectivity index (χ0n) is 21.4. The summed E-state index contributed by atoms with van der Waals surface area (Å²) in [5.41, 5.74) is 3.38. The fourth-order valence-electron chi connectivity index (χ4n) is 5.71. The first-order valence-corrected chi connectivity index (χ1v) is 13.5. The summed E-state index contributed by atoms with van der Waals surface area (Å²) in [4.78, 5) is 22.1. The summed E-state index contributed by atoms with van der Waals surface area (Å²) in [5, 5.41) is 14.2. The number of carbonyl (C=O) groups is 1. The molecule has 1 aliphatic carbocycles. The van der Waals surface area contributed by atoms with Gasteiger partial charge in [-0.05, 0) is 74.5 Å². The molecule has 2 fully saturated rings. The van der Waals surface area contributed by atoms with Crippen LogP contribution in [-0.2, 0) is 0 Å². The van der Waals surface area contributed by atoms with E-state index in [1.807, 2.05) is 18.2 Å². The quantitative estimate of drug-likeness (QED) is 0.396. The molecule has 1 saturated heterocycles. The lowest BCUT2D eigenvalue weighted by molar-refractivity contribution is 0.101. The van der Waals surface area contributed by atoms with Crippen LogP contribution in [0.2, 0.25) is 5.02 Å². The molecule has 1 saturated carbocycles. The van der Waals surface area contributed by atoms with Crippen molar-refractivity contribution < 1.29 is 14.3 Å². The van der Waals surface area contributed by atoms with E-state index < -0.39 is 11.6 Å². The van der Waals surface area contributed by atoms with Crippen molar-refractivity contribution >= 4 is 34.0 Å². The van der Waals surface area contributed by atoms with Crippen LogP contribution < -0.4 is 5.32 Å². The number of anilines is 1. The Balaban J connectivity index is 1.43. The first-order chi connectivity index (χ1) is 17.8. The molecule has 2 heterocycles. The highest BCUT2D eigenvalue weighted by Crippen LogP contribution is 2.37. The Labute approximate surface area is 222 Å². The zero-order valence-corrected chi connectivity index (χ0v) is 22.2. The highest BCUT2D eigenvalue weighted by molar-refractivity contribution is 6.32.